The third-order valence-corrected chi connectivity index (χ3v) is 5.39. The van der Waals surface area contributed by atoms with Crippen LogP contribution in [0.4, 0.5) is 5.69 Å². The van der Waals surface area contributed by atoms with Crippen LogP contribution in [-0.2, 0) is 21.2 Å². The molecule has 0 radical (unpaired) electrons. The molecule has 0 aliphatic heterocycles. The summed E-state index contributed by atoms with van der Waals surface area (Å²) in [5, 5.41) is 2.79. The normalized spacial score (nSPS) is 11.0. The summed E-state index contributed by atoms with van der Waals surface area (Å²) in [6.07, 6.45) is 2.64. The lowest BCUT2D eigenvalue weighted by atomic mass is 10.1. The predicted molar refractivity (Wildman–Crippen MR) is 114 cm³/mol. The van der Waals surface area contributed by atoms with E-state index in [9.17, 15) is 13.2 Å². The number of aryl methyl sites for hydroxylation is 1. The Labute approximate surface area is 172 Å². The van der Waals surface area contributed by atoms with Crippen molar-refractivity contribution in [3.8, 4) is 11.5 Å². The fourth-order valence-electron chi connectivity index (χ4n) is 2.77. The van der Waals surface area contributed by atoms with Gasteiger partial charge in [0.15, 0.2) is 0 Å². The highest BCUT2D eigenvalue weighted by Gasteiger charge is 2.20. The zero-order valence-electron chi connectivity index (χ0n) is 17.1. The first-order valence-corrected chi connectivity index (χ1v) is 11.3. The largest absolute Gasteiger partial charge is 0.497 e. The molecule has 29 heavy (non-hydrogen) atoms. The van der Waals surface area contributed by atoms with Crippen molar-refractivity contribution in [1.82, 2.24) is 5.32 Å². The number of carbonyl (C=O) groups excluding carboxylic acids is 1. The van der Waals surface area contributed by atoms with Crippen molar-refractivity contribution in [2.45, 2.75) is 19.8 Å². The van der Waals surface area contributed by atoms with Gasteiger partial charge in [0, 0.05) is 6.54 Å². The van der Waals surface area contributed by atoms with Gasteiger partial charge in [-0.25, -0.2) is 8.42 Å². The van der Waals surface area contributed by atoms with E-state index < -0.39 is 10.0 Å². The lowest BCUT2D eigenvalue weighted by Gasteiger charge is -2.22. The highest BCUT2D eigenvalue weighted by molar-refractivity contribution is 7.92. The summed E-state index contributed by atoms with van der Waals surface area (Å²) >= 11 is 0. The Morgan fingerprint density at radius 3 is 2.21 bits per heavy atom. The van der Waals surface area contributed by atoms with Crippen LogP contribution < -0.4 is 19.1 Å². The summed E-state index contributed by atoms with van der Waals surface area (Å²) < 4.78 is 35.8. The predicted octanol–water partition coefficient (Wildman–Crippen LogP) is 2.61. The van der Waals surface area contributed by atoms with Gasteiger partial charge in [-0.15, -0.1) is 0 Å². The zero-order valence-corrected chi connectivity index (χ0v) is 17.9. The minimum Gasteiger partial charge on any atom is -0.497 e. The number of rotatable bonds is 11. The van der Waals surface area contributed by atoms with Gasteiger partial charge in [-0.1, -0.05) is 12.1 Å². The van der Waals surface area contributed by atoms with Gasteiger partial charge in [0.2, 0.25) is 15.9 Å². The number of anilines is 1. The number of methoxy groups -OCH3 is 1. The Hall–Kier alpha value is -2.74. The maximum absolute atomic E-state index is 12.3. The molecular weight excluding hydrogens is 392 g/mol. The molecule has 0 aliphatic rings. The topological polar surface area (TPSA) is 84.9 Å². The molecule has 8 heteroatoms. The lowest BCUT2D eigenvalue weighted by molar-refractivity contribution is -0.119. The van der Waals surface area contributed by atoms with Crippen molar-refractivity contribution in [3.05, 3.63) is 54.1 Å². The molecule has 0 fully saturated rings. The minimum atomic E-state index is -3.60. The zero-order chi connectivity index (χ0) is 21.3. The number of amides is 1. The maximum Gasteiger partial charge on any atom is 0.240 e. The summed E-state index contributed by atoms with van der Waals surface area (Å²) in [6.45, 7) is 2.77. The van der Waals surface area contributed by atoms with Gasteiger partial charge in [-0.2, -0.15) is 0 Å². The number of nitrogens with zero attached hydrogens (tertiary/aromatic N) is 1. The molecule has 2 aromatic rings. The van der Waals surface area contributed by atoms with E-state index in [0.29, 0.717) is 24.6 Å². The van der Waals surface area contributed by atoms with Crippen LogP contribution in [0.25, 0.3) is 0 Å². The second-order valence-corrected chi connectivity index (χ2v) is 8.40. The van der Waals surface area contributed by atoms with Crippen LogP contribution in [0.15, 0.2) is 48.5 Å². The first kappa shape index (κ1) is 22.5. The fraction of sp³-hybridized carbons (Fsp3) is 0.381. The minimum absolute atomic E-state index is 0.270. The smallest absolute Gasteiger partial charge is 0.240 e. The molecule has 0 aromatic heterocycles. The average molecular weight is 421 g/mol. The summed E-state index contributed by atoms with van der Waals surface area (Å²) in [5.74, 6) is 1.10. The lowest BCUT2D eigenvalue weighted by Crippen LogP contribution is -2.40. The van der Waals surface area contributed by atoms with E-state index >= 15 is 0 Å². The number of hydrogen-bond acceptors (Lipinski definition) is 5. The molecule has 0 spiro atoms. The van der Waals surface area contributed by atoms with Gasteiger partial charge < -0.3 is 14.8 Å². The highest BCUT2D eigenvalue weighted by atomic mass is 32.2. The number of sulfonamides is 1. The molecule has 0 saturated heterocycles. The Morgan fingerprint density at radius 2 is 1.66 bits per heavy atom. The summed E-state index contributed by atoms with van der Waals surface area (Å²) in [6, 6.07) is 14.4. The average Bonchev–Trinajstić information content (AvgIpc) is 2.70. The van der Waals surface area contributed by atoms with E-state index in [1.54, 1.807) is 24.3 Å². The molecule has 0 heterocycles. The van der Waals surface area contributed by atoms with Crippen molar-refractivity contribution >= 4 is 21.6 Å². The maximum atomic E-state index is 12.3. The van der Waals surface area contributed by atoms with Crippen molar-refractivity contribution in [1.29, 1.82) is 0 Å². The van der Waals surface area contributed by atoms with E-state index in [1.807, 2.05) is 31.2 Å². The number of hydrogen-bond donors (Lipinski definition) is 1. The van der Waals surface area contributed by atoms with Gasteiger partial charge in [0.1, 0.15) is 18.0 Å². The first-order valence-electron chi connectivity index (χ1n) is 9.43. The van der Waals surface area contributed by atoms with E-state index in [-0.39, 0.29) is 12.5 Å². The third kappa shape index (κ3) is 7.30. The SMILES string of the molecule is CCOc1ccc(CCCNC(=O)CN(c2ccc(OC)cc2)S(C)(=O)=O)cc1. The molecule has 1 N–H and O–H groups in total. The van der Waals surface area contributed by atoms with Crippen LogP contribution in [0.1, 0.15) is 18.9 Å². The Kier molecular flexibility index (Phi) is 8.33. The molecule has 0 bridgehead atoms. The van der Waals surface area contributed by atoms with Crippen LogP contribution in [0, 0.1) is 0 Å². The molecular formula is C21H28N2O5S. The van der Waals surface area contributed by atoms with Crippen LogP contribution in [-0.4, -0.2) is 47.4 Å². The van der Waals surface area contributed by atoms with E-state index in [2.05, 4.69) is 5.32 Å². The standard InChI is InChI=1S/C21H28N2O5S/c1-4-28-20-11-7-17(8-12-20)6-5-15-22-21(24)16-23(29(3,25)26)18-9-13-19(27-2)14-10-18/h7-14H,4-6,15-16H2,1-3H3,(H,22,24). The second kappa shape index (κ2) is 10.7. The molecule has 0 aliphatic carbocycles. The first-order chi connectivity index (χ1) is 13.8. The second-order valence-electron chi connectivity index (χ2n) is 6.50. The molecule has 7 nitrogen and oxygen atoms in total. The van der Waals surface area contributed by atoms with Gasteiger partial charge >= 0.3 is 0 Å². The van der Waals surface area contributed by atoms with E-state index in [0.717, 1.165) is 34.7 Å². The Morgan fingerprint density at radius 1 is 1.03 bits per heavy atom. The highest BCUT2D eigenvalue weighted by Crippen LogP contribution is 2.21. The Bertz CT molecular complexity index is 880. The molecule has 2 aromatic carbocycles. The van der Waals surface area contributed by atoms with Crippen molar-refractivity contribution in [2.24, 2.45) is 0 Å². The number of benzene rings is 2. The Balaban J connectivity index is 1.85. The monoisotopic (exact) mass is 420 g/mol. The van der Waals surface area contributed by atoms with E-state index in [4.69, 9.17) is 9.47 Å². The van der Waals surface area contributed by atoms with Gasteiger partial charge in [-0.05, 0) is 61.7 Å². The van der Waals surface area contributed by atoms with Gasteiger partial charge in [0.25, 0.3) is 0 Å². The molecule has 1 amide bonds. The van der Waals surface area contributed by atoms with Crippen molar-refractivity contribution < 1.29 is 22.7 Å². The van der Waals surface area contributed by atoms with Crippen LogP contribution in [0.3, 0.4) is 0 Å². The fourth-order valence-corrected chi connectivity index (χ4v) is 3.63. The summed E-state index contributed by atoms with van der Waals surface area (Å²) in [4.78, 5) is 12.3. The van der Waals surface area contributed by atoms with Crippen LogP contribution >= 0.6 is 0 Å². The third-order valence-electron chi connectivity index (χ3n) is 4.25. The summed E-state index contributed by atoms with van der Waals surface area (Å²) in [5.41, 5.74) is 1.57. The number of ether oxygens (including phenoxy) is 2. The van der Waals surface area contributed by atoms with E-state index in [1.165, 1.54) is 7.11 Å². The van der Waals surface area contributed by atoms with Crippen molar-refractivity contribution in [3.63, 3.8) is 0 Å². The van der Waals surface area contributed by atoms with Gasteiger partial charge in [0.05, 0.1) is 25.7 Å². The molecule has 2 rings (SSSR count). The van der Waals surface area contributed by atoms with Crippen LogP contribution in [0.5, 0.6) is 11.5 Å². The summed E-state index contributed by atoms with van der Waals surface area (Å²) in [7, 11) is -2.06. The van der Waals surface area contributed by atoms with Crippen molar-refractivity contribution in [2.75, 3.05) is 37.4 Å². The molecule has 158 valence electrons. The number of nitrogens with one attached hydrogen (secondary N) is 1. The molecule has 0 atom stereocenters. The number of carbonyl (C=O) groups is 1. The molecule has 0 unspecified atom stereocenters. The van der Waals surface area contributed by atoms with Crippen LogP contribution in [0.2, 0.25) is 0 Å². The quantitative estimate of drug-likeness (QED) is 0.565. The van der Waals surface area contributed by atoms with Gasteiger partial charge in [-0.3, -0.25) is 9.10 Å². The molecule has 0 saturated carbocycles.